The molecule has 116 valence electrons. The standard InChI is InChI=1S/C16H18FN3OS/c17-12-1-3-13(4-2-12)20-9-7-15(8-10-20)22-19-16-6-5-14(21)11-18-16/h1-6,11,15,21H,7-10H2,(H,18,19). The largest absolute Gasteiger partial charge is 0.506 e. The van der Waals surface area contributed by atoms with E-state index in [4.69, 9.17) is 0 Å². The van der Waals surface area contributed by atoms with Gasteiger partial charge in [0.05, 0.1) is 6.20 Å². The van der Waals surface area contributed by atoms with E-state index in [0.29, 0.717) is 5.25 Å². The maximum atomic E-state index is 13.0. The summed E-state index contributed by atoms with van der Waals surface area (Å²) in [4.78, 5) is 6.39. The molecule has 0 bridgehead atoms. The second-order valence-electron chi connectivity index (χ2n) is 5.28. The van der Waals surface area contributed by atoms with Crippen LogP contribution in [0.25, 0.3) is 0 Å². The maximum Gasteiger partial charge on any atom is 0.136 e. The molecular formula is C16H18FN3OS. The third-order valence-corrected chi connectivity index (χ3v) is 4.84. The quantitative estimate of drug-likeness (QED) is 0.842. The lowest BCUT2D eigenvalue weighted by Crippen LogP contribution is -2.35. The van der Waals surface area contributed by atoms with Gasteiger partial charge in [-0.1, -0.05) is 0 Å². The van der Waals surface area contributed by atoms with E-state index in [2.05, 4.69) is 14.6 Å². The van der Waals surface area contributed by atoms with Gasteiger partial charge in [-0.25, -0.2) is 9.37 Å². The molecule has 1 aromatic heterocycles. The molecule has 22 heavy (non-hydrogen) atoms. The Bertz CT molecular complexity index is 598. The number of piperidine rings is 1. The van der Waals surface area contributed by atoms with Crippen LogP contribution in [0.4, 0.5) is 15.9 Å². The highest BCUT2D eigenvalue weighted by Gasteiger charge is 2.20. The number of hydrogen-bond donors (Lipinski definition) is 2. The second kappa shape index (κ2) is 6.87. The number of rotatable bonds is 4. The molecule has 6 heteroatoms. The van der Waals surface area contributed by atoms with Crippen molar-refractivity contribution in [3.05, 3.63) is 48.4 Å². The fourth-order valence-electron chi connectivity index (χ4n) is 2.47. The predicted molar refractivity (Wildman–Crippen MR) is 88.8 cm³/mol. The Morgan fingerprint density at radius 1 is 1.14 bits per heavy atom. The number of halogens is 1. The summed E-state index contributed by atoms with van der Waals surface area (Å²) in [5.74, 6) is 0.728. The van der Waals surface area contributed by atoms with Gasteiger partial charge in [-0.2, -0.15) is 0 Å². The minimum Gasteiger partial charge on any atom is -0.506 e. The second-order valence-corrected chi connectivity index (χ2v) is 6.39. The Morgan fingerprint density at radius 3 is 2.50 bits per heavy atom. The van der Waals surface area contributed by atoms with Gasteiger partial charge in [0.25, 0.3) is 0 Å². The number of benzene rings is 1. The smallest absolute Gasteiger partial charge is 0.136 e. The van der Waals surface area contributed by atoms with E-state index in [1.54, 1.807) is 24.1 Å². The van der Waals surface area contributed by atoms with Crippen molar-refractivity contribution in [1.29, 1.82) is 0 Å². The first-order valence-electron chi connectivity index (χ1n) is 7.28. The number of anilines is 2. The Balaban J connectivity index is 1.47. The number of pyridine rings is 1. The van der Waals surface area contributed by atoms with E-state index >= 15 is 0 Å². The third kappa shape index (κ3) is 3.82. The normalized spacial score (nSPS) is 15.8. The maximum absolute atomic E-state index is 13.0. The summed E-state index contributed by atoms with van der Waals surface area (Å²) in [5, 5.41) is 9.72. The van der Waals surface area contributed by atoms with Crippen molar-refractivity contribution < 1.29 is 9.50 Å². The molecule has 0 unspecified atom stereocenters. The van der Waals surface area contributed by atoms with Gasteiger partial charge >= 0.3 is 0 Å². The van der Waals surface area contributed by atoms with Gasteiger partial charge in [-0.3, -0.25) is 0 Å². The zero-order chi connectivity index (χ0) is 15.4. The van der Waals surface area contributed by atoms with Crippen LogP contribution in [-0.2, 0) is 0 Å². The van der Waals surface area contributed by atoms with Crippen LogP contribution in [0.2, 0.25) is 0 Å². The lowest BCUT2D eigenvalue weighted by Gasteiger charge is -2.33. The predicted octanol–water partition coefficient (Wildman–Crippen LogP) is 3.66. The van der Waals surface area contributed by atoms with Crippen LogP contribution in [0.5, 0.6) is 5.75 Å². The number of hydrogen-bond acceptors (Lipinski definition) is 5. The van der Waals surface area contributed by atoms with Gasteiger partial charge < -0.3 is 14.7 Å². The number of aromatic nitrogens is 1. The minimum atomic E-state index is -0.195. The van der Waals surface area contributed by atoms with Crippen LogP contribution >= 0.6 is 11.9 Å². The van der Waals surface area contributed by atoms with E-state index < -0.39 is 0 Å². The van der Waals surface area contributed by atoms with Gasteiger partial charge in [0, 0.05) is 24.0 Å². The zero-order valence-corrected chi connectivity index (χ0v) is 12.9. The Kier molecular flexibility index (Phi) is 4.68. The average Bonchev–Trinajstić information content (AvgIpc) is 2.56. The molecule has 2 heterocycles. The molecule has 2 aromatic rings. The van der Waals surface area contributed by atoms with Crippen molar-refractivity contribution in [2.24, 2.45) is 0 Å². The van der Waals surface area contributed by atoms with Crippen molar-refractivity contribution in [3.63, 3.8) is 0 Å². The summed E-state index contributed by atoms with van der Waals surface area (Å²) in [7, 11) is 0. The van der Waals surface area contributed by atoms with Crippen LogP contribution in [0.1, 0.15) is 12.8 Å². The number of nitrogens with one attached hydrogen (secondary N) is 1. The molecule has 0 amide bonds. The summed E-state index contributed by atoms with van der Waals surface area (Å²) in [6.07, 6.45) is 3.56. The highest BCUT2D eigenvalue weighted by atomic mass is 32.2. The Labute approximate surface area is 133 Å². The number of nitrogens with zero attached hydrogens (tertiary/aromatic N) is 2. The van der Waals surface area contributed by atoms with Gasteiger partial charge in [0.1, 0.15) is 17.4 Å². The van der Waals surface area contributed by atoms with Crippen LogP contribution in [0.3, 0.4) is 0 Å². The van der Waals surface area contributed by atoms with Crippen LogP contribution < -0.4 is 9.62 Å². The minimum absolute atomic E-state index is 0.170. The summed E-state index contributed by atoms with van der Waals surface area (Å²) >= 11 is 1.68. The molecule has 1 aliphatic heterocycles. The fourth-order valence-corrected chi connectivity index (χ4v) is 3.33. The molecule has 3 rings (SSSR count). The molecule has 0 radical (unpaired) electrons. The average molecular weight is 319 g/mol. The third-order valence-electron chi connectivity index (χ3n) is 3.71. The molecule has 0 saturated carbocycles. The van der Waals surface area contributed by atoms with Crippen LogP contribution in [0, 0.1) is 5.82 Å². The zero-order valence-electron chi connectivity index (χ0n) is 12.1. The highest BCUT2D eigenvalue weighted by molar-refractivity contribution is 8.01. The van der Waals surface area contributed by atoms with E-state index in [1.807, 2.05) is 12.1 Å². The summed E-state index contributed by atoms with van der Waals surface area (Å²) in [5.41, 5.74) is 1.08. The van der Waals surface area contributed by atoms with E-state index in [9.17, 15) is 9.50 Å². The first-order chi connectivity index (χ1) is 10.7. The molecule has 1 aliphatic rings. The van der Waals surface area contributed by atoms with Crippen molar-refractivity contribution >= 4 is 23.5 Å². The van der Waals surface area contributed by atoms with Crippen molar-refractivity contribution in [1.82, 2.24) is 4.98 Å². The van der Waals surface area contributed by atoms with Crippen LogP contribution in [0.15, 0.2) is 42.6 Å². The lowest BCUT2D eigenvalue weighted by molar-refractivity contribution is 0.473. The molecule has 0 atom stereocenters. The molecule has 0 aliphatic carbocycles. The summed E-state index contributed by atoms with van der Waals surface area (Å²) in [6, 6.07) is 10.1. The monoisotopic (exact) mass is 319 g/mol. The Hall–Kier alpha value is -1.95. The van der Waals surface area contributed by atoms with Gasteiger partial charge in [0.15, 0.2) is 0 Å². The SMILES string of the molecule is Oc1ccc(NSC2CCN(c3ccc(F)cc3)CC2)nc1. The molecule has 0 spiro atoms. The molecule has 1 saturated heterocycles. The molecule has 4 nitrogen and oxygen atoms in total. The summed E-state index contributed by atoms with van der Waals surface area (Å²) in [6.45, 7) is 1.93. The fraction of sp³-hybridized carbons (Fsp3) is 0.312. The lowest BCUT2D eigenvalue weighted by atomic mass is 10.1. The van der Waals surface area contributed by atoms with Gasteiger partial charge in [-0.15, -0.1) is 0 Å². The topological polar surface area (TPSA) is 48.4 Å². The van der Waals surface area contributed by atoms with Crippen molar-refractivity contribution in [2.75, 3.05) is 22.7 Å². The molecule has 1 aromatic carbocycles. The Morgan fingerprint density at radius 2 is 1.86 bits per heavy atom. The molecule has 2 N–H and O–H groups in total. The van der Waals surface area contributed by atoms with E-state index in [0.717, 1.165) is 37.4 Å². The molecular weight excluding hydrogens is 301 g/mol. The summed E-state index contributed by atoms with van der Waals surface area (Å²) < 4.78 is 16.2. The van der Waals surface area contributed by atoms with Gasteiger partial charge in [-0.05, 0) is 61.2 Å². The van der Waals surface area contributed by atoms with Gasteiger partial charge in [0.2, 0.25) is 0 Å². The first-order valence-corrected chi connectivity index (χ1v) is 8.16. The highest BCUT2D eigenvalue weighted by Crippen LogP contribution is 2.27. The first kappa shape index (κ1) is 15.0. The van der Waals surface area contributed by atoms with Crippen LogP contribution in [-0.4, -0.2) is 28.4 Å². The molecule has 1 fully saturated rings. The van der Waals surface area contributed by atoms with Crippen molar-refractivity contribution in [2.45, 2.75) is 18.1 Å². The van der Waals surface area contributed by atoms with Crippen molar-refractivity contribution in [3.8, 4) is 5.75 Å². The number of aromatic hydroxyl groups is 1. The van der Waals surface area contributed by atoms with E-state index in [1.165, 1.54) is 18.3 Å². The van der Waals surface area contributed by atoms with E-state index in [-0.39, 0.29) is 11.6 Å².